The number of hydrogen-bond acceptors (Lipinski definition) is 3. The zero-order valence-corrected chi connectivity index (χ0v) is 16.0. The Kier molecular flexibility index (Phi) is 6.08. The molecule has 0 aliphatic carbocycles. The molecule has 1 atom stereocenters. The van der Waals surface area contributed by atoms with Crippen LogP contribution in [-0.2, 0) is 4.79 Å². The summed E-state index contributed by atoms with van der Waals surface area (Å²) >= 11 is 0. The molecule has 0 fully saturated rings. The summed E-state index contributed by atoms with van der Waals surface area (Å²) in [6.45, 7) is 4.30. The Labute approximate surface area is 165 Å². The van der Waals surface area contributed by atoms with E-state index in [1.807, 2.05) is 86.6 Å². The van der Waals surface area contributed by atoms with E-state index in [1.165, 1.54) is 0 Å². The second kappa shape index (κ2) is 8.88. The third kappa shape index (κ3) is 4.21. The Hall–Kier alpha value is -3.58. The highest BCUT2D eigenvalue weighted by atomic mass is 16.5. The molecular formula is C24H22N2O2. The zero-order chi connectivity index (χ0) is 19.9. The molecular weight excluding hydrogens is 348 g/mol. The first-order valence-electron chi connectivity index (χ1n) is 9.26. The van der Waals surface area contributed by atoms with Gasteiger partial charge in [-0.1, -0.05) is 60.7 Å². The largest absolute Gasteiger partial charge is 0.493 e. The summed E-state index contributed by atoms with van der Waals surface area (Å²) in [7, 11) is 0. The lowest BCUT2D eigenvalue weighted by molar-refractivity contribution is -0.117. The Morgan fingerprint density at radius 1 is 1.11 bits per heavy atom. The molecule has 140 valence electrons. The minimum absolute atomic E-state index is 0.0417. The lowest BCUT2D eigenvalue weighted by Crippen LogP contribution is -2.27. The predicted octanol–water partition coefficient (Wildman–Crippen LogP) is 5.02. The third-order valence-corrected chi connectivity index (χ3v) is 4.53. The molecule has 0 saturated carbocycles. The van der Waals surface area contributed by atoms with Crippen molar-refractivity contribution in [3.8, 4) is 11.8 Å². The van der Waals surface area contributed by atoms with Crippen molar-refractivity contribution in [2.45, 2.75) is 19.9 Å². The van der Waals surface area contributed by atoms with Gasteiger partial charge in [-0.3, -0.25) is 4.79 Å². The molecule has 3 aromatic rings. The highest BCUT2D eigenvalue weighted by Gasteiger charge is 2.16. The first-order chi connectivity index (χ1) is 13.6. The fourth-order valence-corrected chi connectivity index (χ4v) is 3.10. The van der Waals surface area contributed by atoms with Gasteiger partial charge in [0.25, 0.3) is 5.91 Å². The first-order valence-corrected chi connectivity index (χ1v) is 9.26. The minimum atomic E-state index is -0.408. The molecule has 1 unspecified atom stereocenters. The van der Waals surface area contributed by atoms with Gasteiger partial charge in [-0.05, 0) is 42.3 Å². The monoisotopic (exact) mass is 370 g/mol. The van der Waals surface area contributed by atoms with Gasteiger partial charge in [0, 0.05) is 5.56 Å². The number of nitrogens with zero attached hydrogens (tertiary/aromatic N) is 1. The number of hydrogen-bond donors (Lipinski definition) is 1. The summed E-state index contributed by atoms with van der Waals surface area (Å²) in [5, 5.41) is 14.5. The lowest BCUT2D eigenvalue weighted by Gasteiger charge is -2.14. The molecule has 0 heterocycles. The quantitative estimate of drug-likeness (QED) is 0.489. The van der Waals surface area contributed by atoms with Crippen LogP contribution >= 0.6 is 0 Å². The fourth-order valence-electron chi connectivity index (χ4n) is 3.10. The normalized spacial score (nSPS) is 12.2. The van der Waals surface area contributed by atoms with Crippen molar-refractivity contribution >= 4 is 22.8 Å². The zero-order valence-electron chi connectivity index (χ0n) is 16.0. The van der Waals surface area contributed by atoms with Crippen LogP contribution in [0.4, 0.5) is 0 Å². The third-order valence-electron chi connectivity index (χ3n) is 4.53. The summed E-state index contributed by atoms with van der Waals surface area (Å²) in [4.78, 5) is 12.7. The highest BCUT2D eigenvalue weighted by Crippen LogP contribution is 2.30. The van der Waals surface area contributed by atoms with Gasteiger partial charge in [0.2, 0.25) is 0 Å². The molecule has 3 rings (SSSR count). The molecule has 0 aliphatic heterocycles. The molecule has 0 bridgehead atoms. The number of carbonyl (C=O) groups excluding carboxylic acids is 1. The fraction of sp³-hybridized carbons (Fsp3) is 0.167. The Balaban J connectivity index is 1.97. The van der Waals surface area contributed by atoms with Crippen LogP contribution in [0, 0.1) is 11.3 Å². The molecule has 4 nitrogen and oxygen atoms in total. The second-order valence-electron chi connectivity index (χ2n) is 6.41. The van der Waals surface area contributed by atoms with Crippen LogP contribution in [-0.4, -0.2) is 12.5 Å². The van der Waals surface area contributed by atoms with Crippen LogP contribution in [0.15, 0.2) is 72.3 Å². The van der Waals surface area contributed by atoms with Crippen LogP contribution in [0.5, 0.6) is 5.75 Å². The number of fused-ring (bicyclic) bond motifs is 1. The highest BCUT2D eigenvalue weighted by molar-refractivity contribution is 6.05. The first kappa shape index (κ1) is 19.2. The van der Waals surface area contributed by atoms with Gasteiger partial charge in [0.05, 0.1) is 12.6 Å². The minimum Gasteiger partial charge on any atom is -0.493 e. The van der Waals surface area contributed by atoms with Crippen LogP contribution in [0.25, 0.3) is 16.8 Å². The molecule has 3 aromatic carbocycles. The van der Waals surface area contributed by atoms with E-state index in [0.29, 0.717) is 12.4 Å². The smallest absolute Gasteiger partial charge is 0.262 e. The number of amides is 1. The van der Waals surface area contributed by atoms with Gasteiger partial charge in [0.1, 0.15) is 17.4 Å². The molecule has 0 aromatic heterocycles. The van der Waals surface area contributed by atoms with Gasteiger partial charge in [-0.2, -0.15) is 5.26 Å². The summed E-state index contributed by atoms with van der Waals surface area (Å²) in [6.07, 6.45) is 1.61. The standard InChI is InChI=1S/C24H22N2O2/c1-3-28-23-14-13-19-11-7-8-12-21(19)22(23)15-20(16-25)24(27)26-17(2)18-9-5-4-6-10-18/h4-15,17H,3H2,1-2H3,(H,26,27)/b20-15+. The number of benzene rings is 3. The Morgan fingerprint density at radius 3 is 2.54 bits per heavy atom. The summed E-state index contributed by atoms with van der Waals surface area (Å²) in [5.74, 6) is 0.243. The van der Waals surface area contributed by atoms with Crippen molar-refractivity contribution in [3.05, 3.63) is 83.4 Å². The average molecular weight is 370 g/mol. The van der Waals surface area contributed by atoms with Gasteiger partial charge < -0.3 is 10.1 Å². The topological polar surface area (TPSA) is 62.1 Å². The van der Waals surface area contributed by atoms with Gasteiger partial charge in [0.15, 0.2) is 0 Å². The van der Waals surface area contributed by atoms with Crippen molar-refractivity contribution in [1.82, 2.24) is 5.32 Å². The van der Waals surface area contributed by atoms with Gasteiger partial charge in [-0.25, -0.2) is 0 Å². The lowest BCUT2D eigenvalue weighted by atomic mass is 10.0. The van der Waals surface area contributed by atoms with E-state index >= 15 is 0 Å². The summed E-state index contributed by atoms with van der Waals surface area (Å²) < 4.78 is 5.73. The molecule has 1 N–H and O–H groups in total. The summed E-state index contributed by atoms with van der Waals surface area (Å²) in [5.41, 5.74) is 1.76. The predicted molar refractivity (Wildman–Crippen MR) is 112 cm³/mol. The SMILES string of the molecule is CCOc1ccc2ccccc2c1/C=C(\C#N)C(=O)NC(C)c1ccccc1. The maximum atomic E-state index is 12.7. The van der Waals surface area contributed by atoms with Crippen molar-refractivity contribution in [2.75, 3.05) is 6.61 Å². The van der Waals surface area contributed by atoms with Crippen molar-refractivity contribution in [1.29, 1.82) is 5.26 Å². The molecule has 0 radical (unpaired) electrons. The van der Waals surface area contributed by atoms with Crippen LogP contribution in [0.1, 0.15) is 31.0 Å². The number of rotatable bonds is 6. The van der Waals surface area contributed by atoms with Crippen molar-refractivity contribution in [2.24, 2.45) is 0 Å². The van der Waals surface area contributed by atoms with Crippen LogP contribution in [0.3, 0.4) is 0 Å². The van der Waals surface area contributed by atoms with Crippen LogP contribution in [0.2, 0.25) is 0 Å². The second-order valence-corrected chi connectivity index (χ2v) is 6.41. The molecule has 0 aliphatic rings. The maximum Gasteiger partial charge on any atom is 0.262 e. The van der Waals surface area contributed by atoms with Gasteiger partial charge in [-0.15, -0.1) is 0 Å². The van der Waals surface area contributed by atoms with E-state index in [1.54, 1.807) is 6.08 Å². The number of nitriles is 1. The van der Waals surface area contributed by atoms with E-state index in [2.05, 4.69) is 5.32 Å². The van der Waals surface area contributed by atoms with Crippen molar-refractivity contribution < 1.29 is 9.53 Å². The number of nitrogens with one attached hydrogen (secondary N) is 1. The number of carbonyl (C=O) groups is 1. The molecule has 1 amide bonds. The van der Waals surface area contributed by atoms with Crippen molar-refractivity contribution in [3.63, 3.8) is 0 Å². The van der Waals surface area contributed by atoms with Crippen LogP contribution < -0.4 is 10.1 Å². The Morgan fingerprint density at radius 2 is 1.82 bits per heavy atom. The Bertz CT molecular complexity index is 1050. The van der Waals surface area contributed by atoms with E-state index in [-0.39, 0.29) is 11.6 Å². The number of ether oxygens (including phenoxy) is 1. The van der Waals surface area contributed by atoms with E-state index in [9.17, 15) is 10.1 Å². The van der Waals surface area contributed by atoms with E-state index in [0.717, 1.165) is 21.9 Å². The molecule has 0 saturated heterocycles. The van der Waals surface area contributed by atoms with Gasteiger partial charge >= 0.3 is 0 Å². The molecule has 28 heavy (non-hydrogen) atoms. The molecule has 4 heteroatoms. The maximum absolute atomic E-state index is 12.7. The van der Waals surface area contributed by atoms with E-state index < -0.39 is 5.91 Å². The molecule has 0 spiro atoms. The average Bonchev–Trinajstić information content (AvgIpc) is 2.73. The summed E-state index contributed by atoms with van der Waals surface area (Å²) in [6, 6.07) is 23.2. The van der Waals surface area contributed by atoms with E-state index in [4.69, 9.17) is 4.74 Å².